The Bertz CT molecular complexity index is 612. The molecule has 0 radical (unpaired) electrons. The van der Waals surface area contributed by atoms with E-state index in [1.165, 1.54) is 0 Å². The molecule has 1 aromatic heterocycles. The van der Waals surface area contributed by atoms with Gasteiger partial charge in [-0.25, -0.2) is 4.68 Å². The Morgan fingerprint density at radius 3 is 3.00 bits per heavy atom. The van der Waals surface area contributed by atoms with Crippen molar-refractivity contribution in [2.75, 3.05) is 0 Å². The van der Waals surface area contributed by atoms with Crippen LogP contribution in [0.25, 0.3) is 5.69 Å². The molecule has 0 aliphatic rings. The Balaban J connectivity index is 2.26. The highest BCUT2D eigenvalue weighted by Gasteiger charge is 2.15. The number of carboxylic acids is 1. The fourth-order valence-corrected chi connectivity index (χ4v) is 1.82. The molecule has 100 valence electrons. The van der Waals surface area contributed by atoms with Crippen LogP contribution in [0.5, 0.6) is 0 Å². The van der Waals surface area contributed by atoms with E-state index in [1.54, 1.807) is 23.0 Å². The number of nitrogens with two attached hydrogens (primary N) is 1. The third kappa shape index (κ3) is 3.10. The van der Waals surface area contributed by atoms with Crippen LogP contribution in [0, 0.1) is 6.92 Å². The minimum atomic E-state index is -1.06. The first-order valence-corrected chi connectivity index (χ1v) is 6.01. The van der Waals surface area contributed by atoms with Crippen LogP contribution < -0.4 is 5.73 Å². The summed E-state index contributed by atoms with van der Waals surface area (Å²) in [7, 11) is 0. The second kappa shape index (κ2) is 5.38. The average Bonchev–Trinajstić information content (AvgIpc) is 2.80. The molecular weight excluding hydrogens is 268 g/mol. The van der Waals surface area contributed by atoms with Gasteiger partial charge < -0.3 is 10.8 Å². The number of carboxylic acid groups (broad SMARTS) is 1. The van der Waals surface area contributed by atoms with Gasteiger partial charge >= 0.3 is 5.97 Å². The molecule has 6 nitrogen and oxygen atoms in total. The van der Waals surface area contributed by atoms with E-state index in [1.807, 2.05) is 13.0 Å². The van der Waals surface area contributed by atoms with Crippen molar-refractivity contribution in [3.8, 4) is 5.69 Å². The predicted octanol–water partition coefficient (Wildman–Crippen LogP) is 1.18. The van der Waals surface area contributed by atoms with Gasteiger partial charge in [-0.05, 0) is 24.6 Å². The van der Waals surface area contributed by atoms with Gasteiger partial charge in [-0.2, -0.15) is 0 Å². The quantitative estimate of drug-likeness (QED) is 0.877. The normalized spacial score (nSPS) is 12.4. The highest BCUT2D eigenvalue weighted by atomic mass is 35.5. The third-order valence-electron chi connectivity index (χ3n) is 2.71. The second-order valence-electron chi connectivity index (χ2n) is 4.23. The lowest BCUT2D eigenvalue weighted by Gasteiger charge is -2.05. The summed E-state index contributed by atoms with van der Waals surface area (Å²) in [6, 6.07) is 4.46. The SMILES string of the molecule is Cc1ccc(Cl)cc1-n1cc(CC(N)C(=O)O)nn1. The molecular formula is C12H13ClN4O2. The third-order valence-corrected chi connectivity index (χ3v) is 2.94. The predicted molar refractivity (Wildman–Crippen MR) is 70.4 cm³/mol. The molecule has 0 aliphatic carbocycles. The number of halogens is 1. The van der Waals surface area contributed by atoms with E-state index in [4.69, 9.17) is 22.4 Å². The zero-order valence-electron chi connectivity index (χ0n) is 10.2. The number of carbonyl (C=O) groups is 1. The van der Waals surface area contributed by atoms with E-state index in [9.17, 15) is 4.79 Å². The Hall–Kier alpha value is -1.92. The maximum atomic E-state index is 10.7. The fraction of sp³-hybridized carbons (Fsp3) is 0.250. The lowest BCUT2D eigenvalue weighted by molar-refractivity contribution is -0.138. The Morgan fingerprint density at radius 1 is 1.58 bits per heavy atom. The van der Waals surface area contributed by atoms with Crippen LogP contribution in [0.4, 0.5) is 0 Å². The summed E-state index contributed by atoms with van der Waals surface area (Å²) >= 11 is 5.94. The van der Waals surface area contributed by atoms with Crippen LogP contribution in [-0.2, 0) is 11.2 Å². The van der Waals surface area contributed by atoms with Crippen LogP contribution in [-0.4, -0.2) is 32.1 Å². The second-order valence-corrected chi connectivity index (χ2v) is 4.67. The topological polar surface area (TPSA) is 94.0 Å². The van der Waals surface area contributed by atoms with E-state index < -0.39 is 12.0 Å². The van der Waals surface area contributed by atoms with Crippen LogP contribution in [0.3, 0.4) is 0 Å². The molecule has 0 saturated carbocycles. The van der Waals surface area contributed by atoms with E-state index in [2.05, 4.69) is 10.3 Å². The van der Waals surface area contributed by atoms with Gasteiger partial charge in [0.2, 0.25) is 0 Å². The van der Waals surface area contributed by atoms with Crippen LogP contribution in [0.2, 0.25) is 5.02 Å². The molecule has 0 bridgehead atoms. The first kappa shape index (κ1) is 13.5. The van der Waals surface area contributed by atoms with Crippen LogP contribution in [0.15, 0.2) is 24.4 Å². The van der Waals surface area contributed by atoms with Crippen molar-refractivity contribution in [1.82, 2.24) is 15.0 Å². The van der Waals surface area contributed by atoms with Crippen molar-refractivity contribution < 1.29 is 9.90 Å². The van der Waals surface area contributed by atoms with Crippen molar-refractivity contribution >= 4 is 17.6 Å². The smallest absolute Gasteiger partial charge is 0.320 e. The van der Waals surface area contributed by atoms with Gasteiger partial charge in [-0.3, -0.25) is 4.79 Å². The molecule has 2 rings (SSSR count). The first-order chi connectivity index (χ1) is 8.97. The summed E-state index contributed by atoms with van der Waals surface area (Å²) in [4.78, 5) is 10.7. The van der Waals surface area contributed by atoms with Gasteiger partial charge in [0.1, 0.15) is 6.04 Å². The van der Waals surface area contributed by atoms with Crippen molar-refractivity contribution in [2.24, 2.45) is 5.73 Å². The standard InChI is InChI=1S/C12H13ClN4O2/c1-7-2-3-8(13)4-11(7)17-6-9(15-16-17)5-10(14)12(18)19/h2-4,6,10H,5,14H2,1H3,(H,18,19). The van der Waals surface area contributed by atoms with Crippen LogP contribution in [0.1, 0.15) is 11.3 Å². The van der Waals surface area contributed by atoms with Crippen molar-refractivity contribution in [3.63, 3.8) is 0 Å². The minimum Gasteiger partial charge on any atom is -0.480 e. The zero-order valence-corrected chi connectivity index (χ0v) is 11.0. The lowest BCUT2D eigenvalue weighted by Crippen LogP contribution is -2.32. The van der Waals surface area contributed by atoms with Gasteiger partial charge in [0.15, 0.2) is 0 Å². The Labute approximate surface area is 114 Å². The summed E-state index contributed by atoms with van der Waals surface area (Å²) in [6.07, 6.45) is 1.79. The number of aryl methyl sites for hydroxylation is 1. The molecule has 7 heteroatoms. The number of aromatic nitrogens is 3. The molecule has 1 aromatic carbocycles. The average molecular weight is 281 g/mol. The molecule has 2 aromatic rings. The number of rotatable bonds is 4. The molecule has 19 heavy (non-hydrogen) atoms. The number of aliphatic carboxylic acids is 1. The molecule has 0 saturated heterocycles. The van der Waals surface area contributed by atoms with E-state index in [0.29, 0.717) is 10.7 Å². The molecule has 0 fully saturated rings. The van der Waals surface area contributed by atoms with Gasteiger partial charge in [0.05, 0.1) is 17.6 Å². The minimum absolute atomic E-state index is 0.134. The molecule has 1 heterocycles. The monoisotopic (exact) mass is 280 g/mol. The van der Waals surface area contributed by atoms with E-state index in [0.717, 1.165) is 11.3 Å². The summed E-state index contributed by atoms with van der Waals surface area (Å²) in [5.41, 5.74) is 7.77. The number of nitrogens with zero attached hydrogens (tertiary/aromatic N) is 3. The highest BCUT2D eigenvalue weighted by molar-refractivity contribution is 6.30. The van der Waals surface area contributed by atoms with Gasteiger partial charge in [0.25, 0.3) is 0 Å². The molecule has 0 aliphatic heterocycles. The number of hydrogen-bond donors (Lipinski definition) is 2. The Morgan fingerprint density at radius 2 is 2.32 bits per heavy atom. The molecule has 3 N–H and O–H groups in total. The van der Waals surface area contributed by atoms with Gasteiger partial charge in [0, 0.05) is 11.4 Å². The summed E-state index contributed by atoms with van der Waals surface area (Å²) in [6.45, 7) is 1.93. The molecule has 1 unspecified atom stereocenters. The molecule has 0 spiro atoms. The summed E-state index contributed by atoms with van der Waals surface area (Å²) < 4.78 is 1.56. The lowest BCUT2D eigenvalue weighted by atomic mass is 10.2. The fourth-order valence-electron chi connectivity index (χ4n) is 1.65. The highest BCUT2D eigenvalue weighted by Crippen LogP contribution is 2.18. The molecule has 0 amide bonds. The van der Waals surface area contributed by atoms with Crippen molar-refractivity contribution in [2.45, 2.75) is 19.4 Å². The van der Waals surface area contributed by atoms with Crippen molar-refractivity contribution in [1.29, 1.82) is 0 Å². The number of benzene rings is 1. The van der Waals surface area contributed by atoms with Gasteiger partial charge in [-0.15, -0.1) is 5.10 Å². The van der Waals surface area contributed by atoms with E-state index >= 15 is 0 Å². The maximum Gasteiger partial charge on any atom is 0.320 e. The van der Waals surface area contributed by atoms with Crippen LogP contribution >= 0.6 is 11.6 Å². The summed E-state index contributed by atoms with van der Waals surface area (Å²) in [5.74, 6) is -1.06. The molecule has 1 atom stereocenters. The Kier molecular flexibility index (Phi) is 3.82. The number of hydrogen-bond acceptors (Lipinski definition) is 4. The maximum absolute atomic E-state index is 10.7. The zero-order chi connectivity index (χ0) is 14.0. The largest absolute Gasteiger partial charge is 0.480 e. The van der Waals surface area contributed by atoms with E-state index in [-0.39, 0.29) is 6.42 Å². The summed E-state index contributed by atoms with van der Waals surface area (Å²) in [5, 5.41) is 17.2. The first-order valence-electron chi connectivity index (χ1n) is 5.63. The van der Waals surface area contributed by atoms with Crippen molar-refractivity contribution in [3.05, 3.63) is 40.7 Å². The van der Waals surface area contributed by atoms with Gasteiger partial charge in [-0.1, -0.05) is 22.9 Å².